The lowest BCUT2D eigenvalue weighted by Crippen LogP contribution is -2.65. The van der Waals surface area contributed by atoms with Gasteiger partial charge < -0.3 is 20.8 Å². The van der Waals surface area contributed by atoms with Gasteiger partial charge in [-0.15, -0.1) is 0 Å². The monoisotopic (exact) mass is 405 g/mol. The summed E-state index contributed by atoms with van der Waals surface area (Å²) < 4.78 is 26.1. The number of carbonyl (C=O) groups is 2. The molecule has 148 valence electrons. The average Bonchev–Trinajstić information content (AvgIpc) is 2.68. The SMILES string of the molecule is NC(=O)N1CCC(S(=O)(=O)c2ccc(-c3cccnc3)cc2)C(O)(C(=O)O)C1. The molecular formula is C18H19N3O6S. The number of carbonyl (C=O) groups excluding carboxylic acids is 1. The zero-order valence-corrected chi connectivity index (χ0v) is 15.5. The molecule has 1 fully saturated rings. The van der Waals surface area contributed by atoms with Crippen molar-refractivity contribution in [3.05, 3.63) is 48.8 Å². The third-order valence-corrected chi connectivity index (χ3v) is 7.16. The molecular weight excluding hydrogens is 386 g/mol. The second kappa shape index (κ2) is 7.21. The predicted octanol–water partition coefficient (Wildman–Crippen LogP) is 0.491. The fourth-order valence-electron chi connectivity index (χ4n) is 3.32. The summed E-state index contributed by atoms with van der Waals surface area (Å²) in [6, 6.07) is 8.54. The van der Waals surface area contributed by atoms with Gasteiger partial charge in [0.05, 0.1) is 11.4 Å². The molecule has 1 aromatic heterocycles. The highest BCUT2D eigenvalue weighted by Crippen LogP contribution is 2.33. The number of amides is 2. The Kier molecular flexibility index (Phi) is 5.09. The van der Waals surface area contributed by atoms with Gasteiger partial charge in [0.25, 0.3) is 0 Å². The van der Waals surface area contributed by atoms with Crippen molar-refractivity contribution in [1.29, 1.82) is 0 Å². The van der Waals surface area contributed by atoms with E-state index < -0.39 is 39.2 Å². The van der Waals surface area contributed by atoms with Crippen molar-refractivity contribution in [2.45, 2.75) is 22.2 Å². The Morgan fingerprint density at radius 2 is 1.86 bits per heavy atom. The van der Waals surface area contributed by atoms with Crippen LogP contribution >= 0.6 is 0 Å². The Morgan fingerprint density at radius 1 is 1.18 bits per heavy atom. The molecule has 9 nitrogen and oxygen atoms in total. The van der Waals surface area contributed by atoms with Crippen LogP contribution in [0.5, 0.6) is 0 Å². The summed E-state index contributed by atoms with van der Waals surface area (Å²) in [6.07, 6.45) is 3.00. The quantitative estimate of drug-likeness (QED) is 0.669. The Balaban J connectivity index is 1.95. The minimum atomic E-state index is -4.19. The molecule has 2 unspecified atom stereocenters. The third kappa shape index (κ3) is 3.43. The number of piperidine rings is 1. The van der Waals surface area contributed by atoms with Gasteiger partial charge in [-0.1, -0.05) is 18.2 Å². The van der Waals surface area contributed by atoms with E-state index >= 15 is 0 Å². The highest BCUT2D eigenvalue weighted by atomic mass is 32.2. The number of rotatable bonds is 4. The number of hydrogen-bond acceptors (Lipinski definition) is 6. The maximum absolute atomic E-state index is 13.1. The standard InChI is InChI=1S/C18H19N3O6S/c19-17(24)21-9-7-15(18(25,11-21)16(22)23)28(26,27)14-5-3-12(4-6-14)13-2-1-8-20-10-13/h1-6,8,10,15,25H,7,9,11H2,(H2,19,24)(H,22,23). The summed E-state index contributed by atoms with van der Waals surface area (Å²) in [5.41, 5.74) is 4.03. The van der Waals surface area contributed by atoms with Gasteiger partial charge in [-0.25, -0.2) is 18.0 Å². The lowest BCUT2D eigenvalue weighted by atomic mass is 9.92. The number of sulfone groups is 1. The van der Waals surface area contributed by atoms with E-state index in [0.717, 1.165) is 16.0 Å². The van der Waals surface area contributed by atoms with E-state index in [-0.39, 0.29) is 17.9 Å². The fraction of sp³-hybridized carbons (Fsp3) is 0.278. The van der Waals surface area contributed by atoms with Crippen LogP contribution in [-0.4, -0.2) is 64.5 Å². The Morgan fingerprint density at radius 3 is 2.39 bits per heavy atom. The van der Waals surface area contributed by atoms with E-state index in [1.54, 1.807) is 30.6 Å². The van der Waals surface area contributed by atoms with E-state index in [0.29, 0.717) is 0 Å². The summed E-state index contributed by atoms with van der Waals surface area (Å²) in [5.74, 6) is -1.72. The van der Waals surface area contributed by atoms with Crippen molar-refractivity contribution in [3.8, 4) is 11.1 Å². The summed E-state index contributed by atoms with van der Waals surface area (Å²) in [5, 5.41) is 18.5. The Bertz CT molecular complexity index is 994. The van der Waals surface area contributed by atoms with Crippen LogP contribution in [0.3, 0.4) is 0 Å². The van der Waals surface area contributed by atoms with E-state index in [1.807, 2.05) is 6.07 Å². The normalized spacial score (nSPS) is 22.6. The molecule has 2 heterocycles. The number of benzene rings is 1. The first-order chi connectivity index (χ1) is 13.2. The lowest BCUT2D eigenvalue weighted by molar-refractivity contribution is -0.162. The molecule has 1 aliphatic rings. The van der Waals surface area contributed by atoms with Crippen molar-refractivity contribution in [1.82, 2.24) is 9.88 Å². The summed E-state index contributed by atoms with van der Waals surface area (Å²) in [7, 11) is -4.19. The number of carboxylic acids is 1. The fourth-order valence-corrected chi connectivity index (χ4v) is 5.27. The number of nitrogens with zero attached hydrogens (tertiary/aromatic N) is 2. The molecule has 0 aliphatic carbocycles. The topological polar surface area (TPSA) is 151 Å². The number of urea groups is 1. The lowest BCUT2D eigenvalue weighted by Gasteiger charge is -2.40. The first kappa shape index (κ1) is 19.8. The molecule has 0 radical (unpaired) electrons. The van der Waals surface area contributed by atoms with E-state index in [1.165, 1.54) is 12.1 Å². The molecule has 1 saturated heterocycles. The van der Waals surface area contributed by atoms with Gasteiger partial charge >= 0.3 is 12.0 Å². The number of pyridine rings is 1. The van der Waals surface area contributed by atoms with E-state index in [9.17, 15) is 28.2 Å². The number of hydrogen-bond donors (Lipinski definition) is 3. The number of aliphatic carboxylic acids is 1. The first-order valence-electron chi connectivity index (χ1n) is 8.41. The maximum Gasteiger partial charge on any atom is 0.338 e. The van der Waals surface area contributed by atoms with Crippen LogP contribution in [0.15, 0.2) is 53.7 Å². The second-order valence-corrected chi connectivity index (χ2v) is 8.71. The van der Waals surface area contributed by atoms with Crippen LogP contribution in [0, 0.1) is 0 Å². The summed E-state index contributed by atoms with van der Waals surface area (Å²) in [4.78, 5) is 27.8. The average molecular weight is 405 g/mol. The van der Waals surface area contributed by atoms with Crippen LogP contribution in [-0.2, 0) is 14.6 Å². The third-order valence-electron chi connectivity index (χ3n) is 4.86. The molecule has 0 bridgehead atoms. The second-order valence-electron chi connectivity index (χ2n) is 6.58. The Labute approximate surface area is 161 Å². The highest BCUT2D eigenvalue weighted by Gasteiger charge is 2.55. The molecule has 1 aliphatic heterocycles. The highest BCUT2D eigenvalue weighted by molar-refractivity contribution is 7.92. The number of primary amides is 1. The van der Waals surface area contributed by atoms with E-state index in [2.05, 4.69) is 4.98 Å². The molecule has 3 rings (SSSR count). The van der Waals surface area contributed by atoms with Gasteiger partial charge in [-0.3, -0.25) is 4.98 Å². The molecule has 2 aromatic rings. The molecule has 0 spiro atoms. The van der Waals surface area contributed by atoms with Gasteiger partial charge in [-0.05, 0) is 35.7 Å². The van der Waals surface area contributed by atoms with Gasteiger partial charge in [0.2, 0.25) is 0 Å². The molecule has 10 heteroatoms. The van der Waals surface area contributed by atoms with Crippen LogP contribution in [0.4, 0.5) is 4.79 Å². The zero-order valence-electron chi connectivity index (χ0n) is 14.7. The van der Waals surface area contributed by atoms with Crippen molar-refractivity contribution in [2.24, 2.45) is 5.73 Å². The van der Waals surface area contributed by atoms with Crippen LogP contribution in [0.1, 0.15) is 6.42 Å². The maximum atomic E-state index is 13.1. The van der Waals surface area contributed by atoms with Crippen molar-refractivity contribution < 1.29 is 28.2 Å². The summed E-state index contributed by atoms with van der Waals surface area (Å²) >= 11 is 0. The number of aromatic nitrogens is 1. The van der Waals surface area contributed by atoms with Crippen molar-refractivity contribution in [3.63, 3.8) is 0 Å². The predicted molar refractivity (Wildman–Crippen MR) is 99.0 cm³/mol. The van der Waals surface area contributed by atoms with Crippen LogP contribution in [0.2, 0.25) is 0 Å². The van der Waals surface area contributed by atoms with Gasteiger partial charge in [-0.2, -0.15) is 0 Å². The minimum Gasteiger partial charge on any atom is -0.479 e. The van der Waals surface area contributed by atoms with Gasteiger partial charge in [0.15, 0.2) is 15.4 Å². The van der Waals surface area contributed by atoms with Crippen LogP contribution < -0.4 is 5.73 Å². The number of aliphatic hydroxyl groups is 1. The molecule has 1 aromatic carbocycles. The number of β-amino-alcohol motifs (C(OH)–C–C–N with tert-alkyl or cyclic N) is 1. The van der Waals surface area contributed by atoms with Gasteiger partial charge in [0, 0.05) is 18.9 Å². The largest absolute Gasteiger partial charge is 0.479 e. The minimum absolute atomic E-state index is 0.0669. The van der Waals surface area contributed by atoms with Crippen molar-refractivity contribution in [2.75, 3.05) is 13.1 Å². The first-order valence-corrected chi connectivity index (χ1v) is 9.95. The molecule has 0 saturated carbocycles. The molecule has 2 amide bonds. The number of nitrogens with two attached hydrogens (primary N) is 1. The Hall–Kier alpha value is -2.98. The van der Waals surface area contributed by atoms with Gasteiger partial charge in [0.1, 0.15) is 5.25 Å². The van der Waals surface area contributed by atoms with E-state index in [4.69, 9.17) is 5.73 Å². The molecule has 28 heavy (non-hydrogen) atoms. The van der Waals surface area contributed by atoms with Crippen LogP contribution in [0.25, 0.3) is 11.1 Å². The zero-order chi connectivity index (χ0) is 20.5. The molecule has 4 N–H and O–H groups in total. The molecule has 2 atom stereocenters. The number of likely N-dealkylation sites (tertiary alicyclic amines) is 1. The van der Waals surface area contributed by atoms with Crippen molar-refractivity contribution >= 4 is 21.8 Å². The summed E-state index contributed by atoms with van der Waals surface area (Å²) in [6.45, 7) is -0.766. The smallest absolute Gasteiger partial charge is 0.338 e. The number of carboxylic acid groups (broad SMARTS) is 1.